The highest BCUT2D eigenvalue weighted by atomic mass is 79.9. The normalized spacial score (nSPS) is 11.0. The minimum atomic E-state index is -3.91. The zero-order valence-electron chi connectivity index (χ0n) is 14.9. The first-order valence-corrected chi connectivity index (χ1v) is 10.2. The van der Waals surface area contributed by atoms with Crippen LogP contribution in [0.4, 0.5) is 5.69 Å². The van der Waals surface area contributed by atoms with E-state index in [1.54, 1.807) is 24.3 Å². The lowest BCUT2D eigenvalue weighted by Gasteiger charge is -2.14. The molecule has 0 radical (unpaired) electrons. The Morgan fingerprint density at radius 3 is 2.46 bits per heavy atom. The molecule has 0 spiro atoms. The van der Waals surface area contributed by atoms with Gasteiger partial charge in [0.05, 0.1) is 26.1 Å². The van der Waals surface area contributed by atoms with Gasteiger partial charge in [-0.25, -0.2) is 13.4 Å². The molecule has 0 saturated carbocycles. The van der Waals surface area contributed by atoms with Crippen LogP contribution in [-0.2, 0) is 10.0 Å². The Bertz CT molecular complexity index is 1080. The molecule has 10 heteroatoms. The molecule has 3 rings (SSSR count). The fourth-order valence-electron chi connectivity index (χ4n) is 2.33. The number of ether oxygens (including phenoxy) is 3. The van der Waals surface area contributed by atoms with Crippen LogP contribution in [0.5, 0.6) is 23.1 Å². The molecule has 1 aromatic heterocycles. The SMILES string of the molecule is COc1cc(Br)c(S(=O)(=O)Nc2cccc(Oc3cnccn3)c2)cc1OC. The maximum Gasteiger partial charge on any atom is 0.263 e. The van der Waals surface area contributed by atoms with Crippen molar-refractivity contribution in [2.45, 2.75) is 4.90 Å². The molecule has 8 nitrogen and oxygen atoms in total. The first-order chi connectivity index (χ1) is 13.4. The van der Waals surface area contributed by atoms with Crippen LogP contribution in [0.3, 0.4) is 0 Å². The van der Waals surface area contributed by atoms with Crippen LogP contribution in [0, 0.1) is 0 Å². The van der Waals surface area contributed by atoms with Crippen molar-refractivity contribution in [1.82, 2.24) is 9.97 Å². The van der Waals surface area contributed by atoms with Crippen molar-refractivity contribution in [3.8, 4) is 23.1 Å². The van der Waals surface area contributed by atoms with Gasteiger partial charge in [-0.05, 0) is 34.1 Å². The summed E-state index contributed by atoms with van der Waals surface area (Å²) in [5.41, 5.74) is 0.322. The number of halogens is 1. The Hall–Kier alpha value is -2.85. The number of nitrogens with zero attached hydrogens (tertiary/aromatic N) is 2. The molecule has 0 aliphatic carbocycles. The van der Waals surface area contributed by atoms with Crippen LogP contribution >= 0.6 is 15.9 Å². The third-order valence-electron chi connectivity index (χ3n) is 3.58. The van der Waals surface area contributed by atoms with Crippen LogP contribution in [0.15, 0.2) is 64.4 Å². The predicted molar refractivity (Wildman–Crippen MR) is 107 cm³/mol. The highest BCUT2D eigenvalue weighted by Gasteiger charge is 2.21. The second-order valence-electron chi connectivity index (χ2n) is 5.42. The smallest absolute Gasteiger partial charge is 0.263 e. The average molecular weight is 466 g/mol. The van der Waals surface area contributed by atoms with Crippen LogP contribution < -0.4 is 18.9 Å². The molecule has 0 amide bonds. The Balaban J connectivity index is 1.88. The van der Waals surface area contributed by atoms with E-state index in [9.17, 15) is 8.42 Å². The number of rotatable bonds is 7. The van der Waals surface area contributed by atoms with Gasteiger partial charge in [-0.3, -0.25) is 9.71 Å². The number of nitrogens with one attached hydrogen (secondary N) is 1. The van der Waals surface area contributed by atoms with E-state index in [0.29, 0.717) is 33.3 Å². The molecule has 0 aliphatic heterocycles. The second kappa shape index (κ2) is 8.44. The van der Waals surface area contributed by atoms with Crippen molar-refractivity contribution in [2.75, 3.05) is 18.9 Å². The van der Waals surface area contributed by atoms with Crippen molar-refractivity contribution in [2.24, 2.45) is 0 Å². The number of hydrogen-bond donors (Lipinski definition) is 1. The number of anilines is 1. The Labute approximate surface area is 170 Å². The van der Waals surface area contributed by atoms with Crippen LogP contribution in [0.25, 0.3) is 0 Å². The van der Waals surface area contributed by atoms with E-state index in [-0.39, 0.29) is 4.90 Å². The van der Waals surface area contributed by atoms with Gasteiger partial charge in [0.25, 0.3) is 10.0 Å². The Morgan fingerprint density at radius 2 is 1.79 bits per heavy atom. The Kier molecular flexibility index (Phi) is 6.00. The summed E-state index contributed by atoms with van der Waals surface area (Å²) in [7, 11) is -1.00. The number of hydrogen-bond acceptors (Lipinski definition) is 7. The molecule has 1 heterocycles. The molecule has 0 aliphatic rings. The first-order valence-electron chi connectivity index (χ1n) is 7.91. The molecule has 0 unspecified atom stereocenters. The predicted octanol–water partition coefficient (Wildman–Crippen LogP) is 3.85. The lowest BCUT2D eigenvalue weighted by atomic mass is 10.3. The molecular formula is C18H16BrN3O5S. The summed E-state index contributed by atoms with van der Waals surface area (Å²) in [5, 5.41) is 0. The molecule has 0 fully saturated rings. The third-order valence-corrected chi connectivity index (χ3v) is 5.92. The maximum atomic E-state index is 12.9. The fraction of sp³-hybridized carbons (Fsp3) is 0.111. The molecule has 146 valence electrons. The van der Waals surface area contributed by atoms with E-state index in [2.05, 4.69) is 30.6 Å². The summed E-state index contributed by atoms with van der Waals surface area (Å²) in [4.78, 5) is 7.94. The largest absolute Gasteiger partial charge is 0.493 e. The standard InChI is InChI=1S/C18H16BrN3O5S/c1-25-15-9-14(19)17(10-16(15)26-2)28(23,24)22-12-4-3-5-13(8-12)27-18-11-20-6-7-21-18/h3-11,22H,1-2H3. The number of sulfonamides is 1. The van der Waals surface area contributed by atoms with Gasteiger partial charge in [0.2, 0.25) is 5.88 Å². The van der Waals surface area contributed by atoms with Crippen molar-refractivity contribution in [3.05, 3.63) is 59.5 Å². The van der Waals surface area contributed by atoms with Gasteiger partial charge in [-0.2, -0.15) is 0 Å². The van der Waals surface area contributed by atoms with Crippen molar-refractivity contribution >= 4 is 31.6 Å². The minimum Gasteiger partial charge on any atom is -0.493 e. The molecular weight excluding hydrogens is 450 g/mol. The molecule has 0 atom stereocenters. The van der Waals surface area contributed by atoms with E-state index < -0.39 is 10.0 Å². The van der Waals surface area contributed by atoms with E-state index in [1.807, 2.05) is 0 Å². The van der Waals surface area contributed by atoms with Gasteiger partial charge >= 0.3 is 0 Å². The zero-order valence-corrected chi connectivity index (χ0v) is 17.3. The van der Waals surface area contributed by atoms with Crippen molar-refractivity contribution < 1.29 is 22.6 Å². The number of benzene rings is 2. The summed E-state index contributed by atoms with van der Waals surface area (Å²) in [6, 6.07) is 9.40. The van der Waals surface area contributed by atoms with Gasteiger partial charge < -0.3 is 14.2 Å². The quantitative estimate of drug-likeness (QED) is 0.565. The van der Waals surface area contributed by atoms with E-state index in [1.165, 1.54) is 44.9 Å². The number of aromatic nitrogens is 2. The van der Waals surface area contributed by atoms with Gasteiger partial charge in [0.15, 0.2) is 11.5 Å². The fourth-order valence-corrected chi connectivity index (χ4v) is 4.42. The highest BCUT2D eigenvalue weighted by Crippen LogP contribution is 2.36. The average Bonchev–Trinajstić information content (AvgIpc) is 2.68. The highest BCUT2D eigenvalue weighted by molar-refractivity contribution is 9.10. The minimum absolute atomic E-state index is 0.00500. The van der Waals surface area contributed by atoms with Crippen LogP contribution in [0.1, 0.15) is 0 Å². The summed E-state index contributed by atoms with van der Waals surface area (Å²) < 4.78 is 44.5. The van der Waals surface area contributed by atoms with Gasteiger partial charge in [0.1, 0.15) is 10.6 Å². The lowest BCUT2D eigenvalue weighted by molar-refractivity contribution is 0.353. The summed E-state index contributed by atoms with van der Waals surface area (Å²) in [6.07, 6.45) is 4.48. The van der Waals surface area contributed by atoms with Gasteiger partial charge in [-0.1, -0.05) is 6.07 Å². The van der Waals surface area contributed by atoms with Crippen LogP contribution in [0.2, 0.25) is 0 Å². The molecule has 0 saturated heterocycles. The van der Waals surface area contributed by atoms with Crippen LogP contribution in [-0.4, -0.2) is 32.6 Å². The lowest BCUT2D eigenvalue weighted by Crippen LogP contribution is -2.14. The molecule has 0 bridgehead atoms. The molecule has 3 aromatic rings. The van der Waals surface area contributed by atoms with Crippen molar-refractivity contribution in [1.29, 1.82) is 0 Å². The second-order valence-corrected chi connectivity index (χ2v) is 7.92. The van der Waals surface area contributed by atoms with E-state index >= 15 is 0 Å². The monoisotopic (exact) mass is 465 g/mol. The first kappa shape index (κ1) is 19.9. The summed E-state index contributed by atoms with van der Waals surface area (Å²) in [5.74, 6) is 1.41. The van der Waals surface area contributed by atoms with Gasteiger partial charge in [0, 0.05) is 29.0 Å². The van der Waals surface area contributed by atoms with Gasteiger partial charge in [-0.15, -0.1) is 0 Å². The van der Waals surface area contributed by atoms with E-state index in [4.69, 9.17) is 14.2 Å². The number of methoxy groups -OCH3 is 2. The molecule has 28 heavy (non-hydrogen) atoms. The molecule has 2 aromatic carbocycles. The topological polar surface area (TPSA) is 99.6 Å². The zero-order chi connectivity index (χ0) is 20.1. The van der Waals surface area contributed by atoms with E-state index in [0.717, 1.165) is 0 Å². The summed E-state index contributed by atoms with van der Waals surface area (Å²) >= 11 is 3.26. The third kappa shape index (κ3) is 4.52. The van der Waals surface area contributed by atoms with Crippen molar-refractivity contribution in [3.63, 3.8) is 0 Å². The molecule has 1 N–H and O–H groups in total. The maximum absolute atomic E-state index is 12.9. The summed E-state index contributed by atoms with van der Waals surface area (Å²) in [6.45, 7) is 0. The Morgan fingerprint density at radius 1 is 1.04 bits per heavy atom.